The average Bonchev–Trinajstić information content (AvgIpc) is 2.72. The molecule has 0 spiro atoms. The minimum atomic E-state index is 0.326. The number of carbonyl (C=O) groups is 1. The summed E-state index contributed by atoms with van der Waals surface area (Å²) in [6.07, 6.45) is 9.21. The molecule has 5 aliphatic rings. The molecule has 1 amide bonds. The lowest BCUT2D eigenvalue weighted by Crippen LogP contribution is -2.49. The number of hydrogen-bond acceptors (Lipinski definition) is 2. The summed E-state index contributed by atoms with van der Waals surface area (Å²) in [5.41, 5.74) is 0.383. The first kappa shape index (κ1) is 13.1. The molecule has 4 aliphatic carbocycles. The highest BCUT2D eigenvalue weighted by Gasteiger charge is 2.51. The van der Waals surface area contributed by atoms with Crippen LogP contribution >= 0.6 is 0 Å². The van der Waals surface area contributed by atoms with E-state index in [0.29, 0.717) is 23.3 Å². The average molecular weight is 276 g/mol. The van der Waals surface area contributed by atoms with Gasteiger partial charge in [-0.05, 0) is 74.2 Å². The van der Waals surface area contributed by atoms with E-state index in [9.17, 15) is 4.79 Å². The summed E-state index contributed by atoms with van der Waals surface area (Å²) in [4.78, 5) is 12.5. The molecule has 5 fully saturated rings. The van der Waals surface area contributed by atoms with E-state index in [4.69, 9.17) is 0 Å². The van der Waals surface area contributed by atoms with Crippen LogP contribution in [-0.2, 0) is 4.79 Å². The van der Waals surface area contributed by atoms with Gasteiger partial charge in [0.15, 0.2) is 0 Å². The van der Waals surface area contributed by atoms with Gasteiger partial charge in [-0.3, -0.25) is 4.79 Å². The molecule has 2 atom stereocenters. The van der Waals surface area contributed by atoms with E-state index >= 15 is 0 Å². The summed E-state index contributed by atoms with van der Waals surface area (Å²) in [6.45, 7) is 4.23. The van der Waals surface area contributed by atoms with Crippen molar-refractivity contribution in [2.45, 2.75) is 57.9 Å². The van der Waals surface area contributed by atoms with Crippen molar-refractivity contribution in [3.05, 3.63) is 0 Å². The fourth-order valence-corrected chi connectivity index (χ4v) is 6.11. The highest BCUT2D eigenvalue weighted by Crippen LogP contribution is 2.61. The molecular weight excluding hydrogens is 248 g/mol. The number of carbonyl (C=O) groups excluding carboxylic acids is 1. The van der Waals surface area contributed by atoms with Gasteiger partial charge in [-0.2, -0.15) is 0 Å². The Labute approximate surface area is 122 Å². The minimum Gasteiger partial charge on any atom is -0.352 e. The Morgan fingerprint density at radius 2 is 1.70 bits per heavy atom. The van der Waals surface area contributed by atoms with E-state index < -0.39 is 0 Å². The molecule has 1 aliphatic heterocycles. The van der Waals surface area contributed by atoms with Gasteiger partial charge in [0.2, 0.25) is 5.91 Å². The summed E-state index contributed by atoms with van der Waals surface area (Å²) in [6, 6.07) is 0.358. The molecule has 3 nitrogen and oxygen atoms in total. The molecule has 4 saturated carbocycles. The van der Waals surface area contributed by atoms with Gasteiger partial charge in [0.1, 0.15) is 0 Å². The Bertz CT molecular complexity index is 371. The molecule has 112 valence electrons. The first-order valence-corrected chi connectivity index (χ1v) is 8.62. The molecule has 2 unspecified atom stereocenters. The molecule has 0 radical (unpaired) electrons. The number of rotatable bonds is 3. The van der Waals surface area contributed by atoms with Crippen LogP contribution in [-0.4, -0.2) is 25.0 Å². The van der Waals surface area contributed by atoms with Crippen molar-refractivity contribution in [1.82, 2.24) is 10.6 Å². The highest BCUT2D eigenvalue weighted by atomic mass is 16.1. The summed E-state index contributed by atoms with van der Waals surface area (Å²) in [5.74, 6) is 3.74. The van der Waals surface area contributed by atoms with Gasteiger partial charge in [0.05, 0.1) is 0 Å². The van der Waals surface area contributed by atoms with Gasteiger partial charge in [-0.15, -0.1) is 0 Å². The van der Waals surface area contributed by atoms with Crippen molar-refractivity contribution in [3.63, 3.8) is 0 Å². The van der Waals surface area contributed by atoms with Crippen molar-refractivity contribution in [1.29, 1.82) is 0 Å². The zero-order valence-electron chi connectivity index (χ0n) is 12.7. The summed E-state index contributed by atoms with van der Waals surface area (Å²) in [7, 11) is 0. The van der Waals surface area contributed by atoms with Crippen LogP contribution in [0.2, 0.25) is 0 Å². The predicted octanol–water partition coefficient (Wildman–Crippen LogP) is 2.32. The first-order valence-electron chi connectivity index (χ1n) is 8.62. The van der Waals surface area contributed by atoms with Crippen molar-refractivity contribution < 1.29 is 4.79 Å². The summed E-state index contributed by atoms with van der Waals surface area (Å²) >= 11 is 0. The summed E-state index contributed by atoms with van der Waals surface area (Å²) < 4.78 is 0. The third kappa shape index (κ3) is 2.28. The maximum atomic E-state index is 12.5. The van der Waals surface area contributed by atoms with Gasteiger partial charge in [-0.1, -0.05) is 6.92 Å². The van der Waals surface area contributed by atoms with Crippen molar-refractivity contribution >= 4 is 5.91 Å². The monoisotopic (exact) mass is 276 g/mol. The Balaban J connectivity index is 1.39. The van der Waals surface area contributed by atoms with Crippen molar-refractivity contribution in [2.75, 3.05) is 13.1 Å². The Hall–Kier alpha value is -0.570. The van der Waals surface area contributed by atoms with Crippen LogP contribution in [0.15, 0.2) is 0 Å². The van der Waals surface area contributed by atoms with Gasteiger partial charge < -0.3 is 10.6 Å². The van der Waals surface area contributed by atoms with Crippen LogP contribution in [0.25, 0.3) is 0 Å². The second-order valence-corrected chi connectivity index (χ2v) is 8.40. The molecule has 0 aromatic rings. The summed E-state index contributed by atoms with van der Waals surface area (Å²) in [5, 5.41) is 6.67. The Morgan fingerprint density at radius 1 is 1.10 bits per heavy atom. The lowest BCUT2D eigenvalue weighted by molar-refractivity contribution is -0.130. The molecule has 0 aromatic heterocycles. The maximum absolute atomic E-state index is 12.5. The van der Waals surface area contributed by atoms with Gasteiger partial charge in [0, 0.05) is 19.0 Å². The lowest BCUT2D eigenvalue weighted by Gasteiger charge is -2.56. The predicted molar refractivity (Wildman–Crippen MR) is 79.2 cm³/mol. The standard InChI is InChI=1S/C17H28N2O/c1-11-9-18-10-15(11)19-16(20)8-17-5-12-2-13(6-17)4-14(3-12)7-17/h11-15,18H,2-10H2,1H3,(H,19,20). The van der Waals surface area contributed by atoms with E-state index in [2.05, 4.69) is 17.6 Å². The smallest absolute Gasteiger partial charge is 0.220 e. The Kier molecular flexibility index (Phi) is 3.10. The van der Waals surface area contributed by atoms with Crippen LogP contribution in [0.3, 0.4) is 0 Å². The Morgan fingerprint density at radius 3 is 2.20 bits per heavy atom. The number of nitrogens with one attached hydrogen (secondary N) is 2. The molecule has 1 heterocycles. The SMILES string of the molecule is CC1CNCC1NC(=O)CC12CC3CC(CC(C3)C1)C2. The zero-order chi connectivity index (χ0) is 13.7. The maximum Gasteiger partial charge on any atom is 0.220 e. The quantitative estimate of drug-likeness (QED) is 0.830. The molecule has 2 N–H and O–H groups in total. The van der Waals surface area contributed by atoms with Crippen molar-refractivity contribution in [3.8, 4) is 0 Å². The van der Waals surface area contributed by atoms with Gasteiger partial charge in [0.25, 0.3) is 0 Å². The fourth-order valence-electron chi connectivity index (χ4n) is 6.11. The molecule has 4 bridgehead atoms. The van der Waals surface area contributed by atoms with Crippen LogP contribution in [0.4, 0.5) is 0 Å². The van der Waals surface area contributed by atoms with Crippen LogP contribution in [0.5, 0.6) is 0 Å². The topological polar surface area (TPSA) is 41.1 Å². The van der Waals surface area contributed by atoms with E-state index in [1.54, 1.807) is 0 Å². The van der Waals surface area contributed by atoms with E-state index in [0.717, 1.165) is 37.3 Å². The molecule has 5 rings (SSSR count). The van der Waals surface area contributed by atoms with E-state index in [-0.39, 0.29) is 0 Å². The van der Waals surface area contributed by atoms with Crippen LogP contribution in [0.1, 0.15) is 51.9 Å². The van der Waals surface area contributed by atoms with Crippen LogP contribution in [0, 0.1) is 29.1 Å². The molecule has 1 saturated heterocycles. The van der Waals surface area contributed by atoms with E-state index in [1.165, 1.54) is 38.5 Å². The highest BCUT2D eigenvalue weighted by molar-refractivity contribution is 5.77. The normalized spacial score (nSPS) is 49.5. The van der Waals surface area contributed by atoms with Crippen LogP contribution < -0.4 is 10.6 Å². The van der Waals surface area contributed by atoms with Crippen molar-refractivity contribution in [2.24, 2.45) is 29.1 Å². The number of amides is 1. The largest absolute Gasteiger partial charge is 0.352 e. The van der Waals surface area contributed by atoms with E-state index in [1.807, 2.05) is 0 Å². The fraction of sp³-hybridized carbons (Fsp3) is 0.941. The second-order valence-electron chi connectivity index (χ2n) is 8.40. The lowest BCUT2D eigenvalue weighted by atomic mass is 9.49. The second kappa shape index (κ2) is 4.72. The van der Waals surface area contributed by atoms with Gasteiger partial charge >= 0.3 is 0 Å². The third-order valence-corrected chi connectivity index (χ3v) is 6.56. The molecule has 0 aromatic carbocycles. The third-order valence-electron chi connectivity index (χ3n) is 6.56. The number of hydrogen-bond donors (Lipinski definition) is 2. The minimum absolute atomic E-state index is 0.326. The first-order chi connectivity index (χ1) is 9.62. The molecule has 20 heavy (non-hydrogen) atoms. The molecular formula is C17H28N2O. The van der Waals surface area contributed by atoms with Gasteiger partial charge in [-0.25, -0.2) is 0 Å². The molecule has 3 heteroatoms. The zero-order valence-corrected chi connectivity index (χ0v) is 12.7.